The first kappa shape index (κ1) is 42.0. The standard InChI is InChI=1S/C56H66N2O4/c1-7-19-47-39(8-2)40-20-9-14-25-48(40)57(47)51-32-35(3)30-45(55(51)59)43-23-12-17-28-53(43)61-37(5)34-38(6)62-54-29-18-13-24-44(54)46-31-36(4)33-52(56(46)60)58-49-26-15-10-21-41(49)42-22-11-16-27-50(42)58/h12-13,17-18,23-24,28-33,37-38,59-60H,7-11,14-16,19-22,25-27,34H2,1-6H3/t37?,38-/m0/s1. The molecule has 9 rings (SSSR count). The fraction of sp³-hybridized carbons (Fsp3) is 0.429. The van der Waals surface area contributed by atoms with Gasteiger partial charge < -0.3 is 28.8 Å². The van der Waals surface area contributed by atoms with Gasteiger partial charge in [-0.3, -0.25) is 0 Å². The normalized spacial score (nSPS) is 15.7. The number of hydrogen-bond acceptors (Lipinski definition) is 4. The molecule has 6 aromatic rings. The highest BCUT2D eigenvalue weighted by molar-refractivity contribution is 5.81. The molecule has 0 aliphatic heterocycles. The van der Waals surface area contributed by atoms with E-state index >= 15 is 0 Å². The van der Waals surface area contributed by atoms with Crippen LogP contribution in [-0.2, 0) is 51.4 Å². The minimum atomic E-state index is -0.186. The van der Waals surface area contributed by atoms with Crippen LogP contribution in [0.4, 0.5) is 0 Å². The fourth-order valence-electron chi connectivity index (χ4n) is 11.4. The molecule has 0 radical (unpaired) electrons. The Balaban J connectivity index is 0.980. The highest BCUT2D eigenvalue weighted by Gasteiger charge is 2.30. The Morgan fingerprint density at radius 2 is 0.984 bits per heavy atom. The average molecular weight is 831 g/mol. The molecule has 0 bridgehead atoms. The maximum Gasteiger partial charge on any atom is 0.147 e. The number of hydrogen-bond donors (Lipinski definition) is 2. The van der Waals surface area contributed by atoms with Gasteiger partial charge in [-0.2, -0.15) is 0 Å². The van der Waals surface area contributed by atoms with E-state index in [1.165, 1.54) is 72.4 Å². The third-order valence-corrected chi connectivity index (χ3v) is 13.9. The van der Waals surface area contributed by atoms with E-state index in [9.17, 15) is 10.2 Å². The smallest absolute Gasteiger partial charge is 0.147 e. The topological polar surface area (TPSA) is 68.8 Å². The van der Waals surface area contributed by atoms with E-state index in [0.29, 0.717) is 17.9 Å². The SMILES string of the molecule is CCCc1c(CC)c2c(n1-c1cc(C)cc(-c3ccccc3OC(C)C[C@H](C)Oc3ccccc3-c3cc(C)cc(-n4c5c(c6c4CCCC6)CCCC5)c3O)c1O)CCCC2. The van der Waals surface area contributed by atoms with Crippen molar-refractivity contribution in [3.63, 3.8) is 0 Å². The van der Waals surface area contributed by atoms with Crippen LogP contribution in [0.3, 0.4) is 0 Å². The second-order valence-corrected chi connectivity index (χ2v) is 18.5. The molecule has 0 amide bonds. The first-order chi connectivity index (χ1) is 30.2. The predicted octanol–water partition coefficient (Wildman–Crippen LogP) is 13.4. The summed E-state index contributed by atoms with van der Waals surface area (Å²) in [5.41, 5.74) is 19.0. The van der Waals surface area contributed by atoms with Crippen molar-refractivity contribution in [3.05, 3.63) is 129 Å². The molecule has 324 valence electrons. The van der Waals surface area contributed by atoms with Crippen molar-refractivity contribution in [2.75, 3.05) is 0 Å². The number of phenolic OH excluding ortho intramolecular Hbond substituents is 2. The molecule has 4 aromatic carbocycles. The molecule has 62 heavy (non-hydrogen) atoms. The summed E-state index contributed by atoms with van der Waals surface area (Å²) in [6.45, 7) is 13.0. The quantitative estimate of drug-likeness (QED) is 0.122. The number of rotatable bonds is 13. The summed E-state index contributed by atoms with van der Waals surface area (Å²) >= 11 is 0. The van der Waals surface area contributed by atoms with Gasteiger partial charge >= 0.3 is 0 Å². The van der Waals surface area contributed by atoms with Gasteiger partial charge in [-0.15, -0.1) is 0 Å². The van der Waals surface area contributed by atoms with E-state index in [4.69, 9.17) is 9.47 Å². The molecule has 0 saturated heterocycles. The second kappa shape index (κ2) is 17.8. The summed E-state index contributed by atoms with van der Waals surface area (Å²) in [4.78, 5) is 0. The molecule has 2 heterocycles. The van der Waals surface area contributed by atoms with Crippen LogP contribution >= 0.6 is 0 Å². The number of nitrogens with zero attached hydrogens (tertiary/aromatic N) is 2. The van der Waals surface area contributed by atoms with Crippen LogP contribution in [0.1, 0.15) is 135 Å². The highest BCUT2D eigenvalue weighted by atomic mass is 16.5. The molecule has 1 unspecified atom stereocenters. The number of phenols is 2. The van der Waals surface area contributed by atoms with E-state index in [1.807, 2.05) is 36.4 Å². The molecule has 0 saturated carbocycles. The Labute approximate surface area is 369 Å². The largest absolute Gasteiger partial charge is 0.505 e. The number of fused-ring (bicyclic) bond motifs is 4. The van der Waals surface area contributed by atoms with E-state index in [1.54, 1.807) is 11.1 Å². The molecule has 6 heteroatoms. The Hall–Kier alpha value is -5.36. The Morgan fingerprint density at radius 3 is 1.47 bits per heavy atom. The molecule has 3 aliphatic rings. The molecule has 3 aliphatic carbocycles. The number of benzene rings is 4. The summed E-state index contributed by atoms with van der Waals surface area (Å²) in [5.74, 6) is 2.10. The van der Waals surface area contributed by atoms with Gasteiger partial charge in [0, 0.05) is 51.5 Å². The van der Waals surface area contributed by atoms with E-state index in [0.717, 1.165) is 114 Å². The average Bonchev–Trinajstić information content (AvgIpc) is 3.77. The van der Waals surface area contributed by atoms with Crippen LogP contribution in [0.2, 0.25) is 0 Å². The third kappa shape index (κ3) is 7.73. The van der Waals surface area contributed by atoms with Gasteiger partial charge in [-0.1, -0.05) is 56.7 Å². The van der Waals surface area contributed by atoms with Crippen molar-refractivity contribution in [3.8, 4) is 56.6 Å². The number of para-hydroxylation sites is 2. The fourth-order valence-corrected chi connectivity index (χ4v) is 11.4. The summed E-state index contributed by atoms with van der Waals surface area (Å²) < 4.78 is 18.4. The molecular weight excluding hydrogens is 765 g/mol. The molecular formula is C56H66N2O4. The lowest BCUT2D eigenvalue weighted by molar-refractivity contribution is 0.131. The van der Waals surface area contributed by atoms with Crippen LogP contribution in [0.15, 0.2) is 72.8 Å². The summed E-state index contributed by atoms with van der Waals surface area (Å²) in [6, 6.07) is 24.8. The van der Waals surface area contributed by atoms with E-state index < -0.39 is 0 Å². The van der Waals surface area contributed by atoms with Gasteiger partial charge in [0.25, 0.3) is 0 Å². The van der Waals surface area contributed by atoms with Gasteiger partial charge in [0.15, 0.2) is 0 Å². The van der Waals surface area contributed by atoms with Crippen LogP contribution in [0, 0.1) is 13.8 Å². The molecule has 0 fully saturated rings. The maximum absolute atomic E-state index is 12.3. The summed E-state index contributed by atoms with van der Waals surface area (Å²) in [7, 11) is 0. The van der Waals surface area contributed by atoms with Crippen molar-refractivity contribution in [1.82, 2.24) is 9.13 Å². The molecule has 0 spiro atoms. The lowest BCUT2D eigenvalue weighted by Gasteiger charge is -2.24. The van der Waals surface area contributed by atoms with Gasteiger partial charge in [-0.25, -0.2) is 0 Å². The minimum Gasteiger partial charge on any atom is -0.505 e. The number of ether oxygens (including phenoxy) is 2. The van der Waals surface area contributed by atoms with Crippen LogP contribution in [0.25, 0.3) is 33.6 Å². The van der Waals surface area contributed by atoms with Gasteiger partial charge in [0.05, 0.1) is 23.6 Å². The van der Waals surface area contributed by atoms with Crippen molar-refractivity contribution in [1.29, 1.82) is 0 Å². The zero-order chi connectivity index (χ0) is 43.1. The molecule has 2 aromatic heterocycles. The van der Waals surface area contributed by atoms with Crippen molar-refractivity contribution in [2.45, 2.75) is 156 Å². The first-order valence-corrected chi connectivity index (χ1v) is 23.8. The molecule has 6 nitrogen and oxygen atoms in total. The van der Waals surface area contributed by atoms with Crippen molar-refractivity contribution < 1.29 is 19.7 Å². The van der Waals surface area contributed by atoms with Crippen molar-refractivity contribution >= 4 is 0 Å². The molecule has 2 N–H and O–H groups in total. The molecule has 2 atom stereocenters. The predicted molar refractivity (Wildman–Crippen MR) is 253 cm³/mol. The lowest BCUT2D eigenvalue weighted by atomic mass is 9.89. The zero-order valence-electron chi connectivity index (χ0n) is 38.0. The Bertz CT molecular complexity index is 2570. The Kier molecular flexibility index (Phi) is 12.0. The third-order valence-electron chi connectivity index (χ3n) is 13.9. The van der Waals surface area contributed by atoms with Crippen LogP contribution in [0.5, 0.6) is 23.0 Å². The number of aromatic hydroxyl groups is 2. The second-order valence-electron chi connectivity index (χ2n) is 18.5. The number of aromatic nitrogens is 2. The summed E-state index contributed by atoms with van der Waals surface area (Å²) in [5, 5.41) is 24.5. The zero-order valence-corrected chi connectivity index (χ0v) is 38.0. The summed E-state index contributed by atoms with van der Waals surface area (Å²) in [6.07, 6.45) is 17.2. The Morgan fingerprint density at radius 1 is 0.548 bits per heavy atom. The maximum atomic E-state index is 12.3. The number of aryl methyl sites for hydroxylation is 2. The minimum absolute atomic E-state index is 0.183. The highest BCUT2D eigenvalue weighted by Crippen LogP contribution is 2.46. The van der Waals surface area contributed by atoms with E-state index in [-0.39, 0.29) is 12.2 Å². The first-order valence-electron chi connectivity index (χ1n) is 23.8. The van der Waals surface area contributed by atoms with Gasteiger partial charge in [0.1, 0.15) is 23.0 Å². The van der Waals surface area contributed by atoms with Crippen LogP contribution < -0.4 is 9.47 Å². The van der Waals surface area contributed by atoms with Crippen molar-refractivity contribution in [2.24, 2.45) is 0 Å². The van der Waals surface area contributed by atoms with Gasteiger partial charge in [-0.05, 0) is 187 Å². The lowest BCUT2D eigenvalue weighted by Crippen LogP contribution is -2.23. The van der Waals surface area contributed by atoms with Gasteiger partial charge in [0.2, 0.25) is 0 Å². The van der Waals surface area contributed by atoms with E-state index in [2.05, 4.69) is 87.1 Å². The monoisotopic (exact) mass is 831 g/mol. The van der Waals surface area contributed by atoms with Crippen LogP contribution in [-0.4, -0.2) is 31.6 Å².